The third-order valence-corrected chi connectivity index (χ3v) is 3.76. The van der Waals surface area contributed by atoms with Crippen LogP contribution in [0.25, 0.3) is 0 Å². The number of hydrogen-bond acceptors (Lipinski definition) is 3. The Balaban J connectivity index is 2.05. The fraction of sp³-hybridized carbons (Fsp3) is 0.417. The van der Waals surface area contributed by atoms with Crippen LogP contribution in [0.3, 0.4) is 0 Å². The molecular formula is C12H16BrN5O. The van der Waals surface area contributed by atoms with Crippen molar-refractivity contribution in [2.45, 2.75) is 26.9 Å². The molecular weight excluding hydrogens is 310 g/mol. The second-order valence-corrected chi connectivity index (χ2v) is 5.01. The maximum absolute atomic E-state index is 12.1. The molecule has 0 atom stereocenters. The lowest BCUT2D eigenvalue weighted by Gasteiger charge is -2.04. The summed E-state index contributed by atoms with van der Waals surface area (Å²) in [6, 6.07) is 1.90. The van der Waals surface area contributed by atoms with Gasteiger partial charge in [0.2, 0.25) is 0 Å². The summed E-state index contributed by atoms with van der Waals surface area (Å²) in [5.41, 5.74) is 2.15. The van der Waals surface area contributed by atoms with Crippen LogP contribution in [0.2, 0.25) is 0 Å². The molecule has 0 fully saturated rings. The van der Waals surface area contributed by atoms with E-state index < -0.39 is 0 Å². The molecule has 0 radical (unpaired) electrons. The Kier molecular flexibility index (Phi) is 4.04. The maximum atomic E-state index is 12.1. The van der Waals surface area contributed by atoms with E-state index in [0.29, 0.717) is 12.2 Å². The Morgan fingerprint density at radius 3 is 2.74 bits per heavy atom. The molecule has 2 aromatic rings. The zero-order chi connectivity index (χ0) is 14.0. The molecule has 7 heteroatoms. The highest BCUT2D eigenvalue weighted by Gasteiger charge is 2.18. The minimum atomic E-state index is -0.166. The first-order valence-electron chi connectivity index (χ1n) is 6.02. The van der Waals surface area contributed by atoms with Gasteiger partial charge in [0.15, 0.2) is 0 Å². The van der Waals surface area contributed by atoms with E-state index in [1.165, 1.54) is 0 Å². The topological polar surface area (TPSA) is 64.7 Å². The van der Waals surface area contributed by atoms with E-state index in [4.69, 9.17) is 0 Å². The number of nitrogens with one attached hydrogen (secondary N) is 1. The Morgan fingerprint density at radius 2 is 2.21 bits per heavy atom. The lowest BCUT2D eigenvalue weighted by atomic mass is 10.3. The molecule has 0 aliphatic heterocycles. The number of rotatable bonds is 4. The predicted molar refractivity (Wildman–Crippen MR) is 74.7 cm³/mol. The van der Waals surface area contributed by atoms with Gasteiger partial charge in [-0.05, 0) is 35.8 Å². The van der Waals surface area contributed by atoms with Crippen LogP contribution in [0.5, 0.6) is 0 Å². The number of hydrogen-bond donors (Lipinski definition) is 1. The molecule has 6 nitrogen and oxygen atoms in total. The summed E-state index contributed by atoms with van der Waals surface area (Å²) in [6.45, 7) is 5.09. The fourth-order valence-corrected chi connectivity index (χ4v) is 2.32. The molecule has 0 unspecified atom stereocenters. The minimum absolute atomic E-state index is 0.166. The first-order chi connectivity index (χ1) is 9.02. The quantitative estimate of drug-likeness (QED) is 0.929. The first-order valence-corrected chi connectivity index (χ1v) is 6.81. The van der Waals surface area contributed by atoms with Gasteiger partial charge in [-0.15, -0.1) is 0 Å². The molecule has 0 aliphatic carbocycles. The van der Waals surface area contributed by atoms with Crippen LogP contribution in [-0.2, 0) is 20.1 Å². The van der Waals surface area contributed by atoms with Crippen molar-refractivity contribution < 1.29 is 4.79 Å². The molecule has 102 valence electrons. The number of halogens is 1. The summed E-state index contributed by atoms with van der Waals surface area (Å²) in [4.78, 5) is 12.1. The Bertz CT molecular complexity index is 601. The molecule has 0 aliphatic rings. The zero-order valence-electron chi connectivity index (χ0n) is 11.1. The van der Waals surface area contributed by atoms with Gasteiger partial charge in [0, 0.05) is 19.8 Å². The monoisotopic (exact) mass is 325 g/mol. The van der Waals surface area contributed by atoms with Crippen LogP contribution >= 0.6 is 15.9 Å². The maximum Gasteiger partial charge on any atom is 0.271 e. The molecule has 2 aromatic heterocycles. The van der Waals surface area contributed by atoms with Gasteiger partial charge in [-0.2, -0.15) is 10.2 Å². The summed E-state index contributed by atoms with van der Waals surface area (Å²) >= 11 is 3.38. The van der Waals surface area contributed by atoms with Crippen molar-refractivity contribution in [2.24, 2.45) is 7.05 Å². The number of nitrogens with zero attached hydrogens (tertiary/aromatic N) is 4. The third kappa shape index (κ3) is 2.86. The molecule has 0 bridgehead atoms. The normalized spacial score (nSPS) is 10.7. The summed E-state index contributed by atoms with van der Waals surface area (Å²) in [5.74, 6) is -0.166. The molecule has 0 aromatic carbocycles. The minimum Gasteiger partial charge on any atom is -0.345 e. The van der Waals surface area contributed by atoms with Crippen LogP contribution in [0, 0.1) is 6.92 Å². The molecule has 2 rings (SSSR count). The Hall–Kier alpha value is -1.63. The number of carbonyl (C=O) groups is 1. The molecule has 2 heterocycles. The first kappa shape index (κ1) is 13.8. The Labute approximate surface area is 119 Å². The van der Waals surface area contributed by atoms with Gasteiger partial charge in [0.05, 0.1) is 22.4 Å². The van der Waals surface area contributed by atoms with E-state index in [1.54, 1.807) is 11.7 Å². The van der Waals surface area contributed by atoms with Crippen LogP contribution in [0.4, 0.5) is 0 Å². The van der Waals surface area contributed by atoms with Crippen LogP contribution in [0.1, 0.15) is 28.8 Å². The summed E-state index contributed by atoms with van der Waals surface area (Å²) in [6.07, 6.45) is 1.89. The fourth-order valence-electron chi connectivity index (χ4n) is 1.81. The second kappa shape index (κ2) is 5.56. The number of amides is 1. The van der Waals surface area contributed by atoms with Gasteiger partial charge < -0.3 is 5.32 Å². The van der Waals surface area contributed by atoms with Crippen LogP contribution in [-0.4, -0.2) is 25.5 Å². The summed E-state index contributed by atoms with van der Waals surface area (Å²) < 4.78 is 4.12. The van der Waals surface area contributed by atoms with Crippen molar-refractivity contribution >= 4 is 21.8 Å². The van der Waals surface area contributed by atoms with Crippen molar-refractivity contribution in [2.75, 3.05) is 0 Å². The van der Waals surface area contributed by atoms with Gasteiger partial charge >= 0.3 is 0 Å². The highest BCUT2D eigenvalue weighted by Crippen LogP contribution is 2.19. The molecule has 0 saturated heterocycles. The van der Waals surface area contributed by atoms with Crippen LogP contribution in [0.15, 0.2) is 16.7 Å². The largest absolute Gasteiger partial charge is 0.345 e. The molecule has 0 spiro atoms. The number of aryl methyl sites for hydroxylation is 3. The standard InChI is InChI=1S/C12H16BrN5O/c1-4-18-6-5-9(16-18)7-14-12(19)11-10(13)8(2)15-17(11)3/h5-6H,4,7H2,1-3H3,(H,14,19). The van der Waals surface area contributed by atoms with Gasteiger partial charge in [-0.1, -0.05) is 0 Å². The van der Waals surface area contributed by atoms with Crippen molar-refractivity contribution in [3.63, 3.8) is 0 Å². The van der Waals surface area contributed by atoms with E-state index in [0.717, 1.165) is 22.4 Å². The van der Waals surface area contributed by atoms with Gasteiger partial charge in [-0.25, -0.2) is 0 Å². The predicted octanol–water partition coefficient (Wildman–Crippen LogP) is 1.64. The highest BCUT2D eigenvalue weighted by molar-refractivity contribution is 9.10. The van der Waals surface area contributed by atoms with E-state index in [1.807, 2.05) is 30.8 Å². The van der Waals surface area contributed by atoms with Crippen molar-refractivity contribution in [1.82, 2.24) is 24.9 Å². The van der Waals surface area contributed by atoms with Gasteiger partial charge in [0.25, 0.3) is 5.91 Å². The molecule has 19 heavy (non-hydrogen) atoms. The third-order valence-electron chi connectivity index (χ3n) is 2.81. The lowest BCUT2D eigenvalue weighted by molar-refractivity contribution is 0.0940. The number of aromatic nitrogens is 4. The van der Waals surface area contributed by atoms with Gasteiger partial charge in [0.1, 0.15) is 5.69 Å². The van der Waals surface area contributed by atoms with E-state index in [2.05, 4.69) is 31.4 Å². The van der Waals surface area contributed by atoms with Gasteiger partial charge in [-0.3, -0.25) is 14.2 Å². The lowest BCUT2D eigenvalue weighted by Crippen LogP contribution is -2.25. The van der Waals surface area contributed by atoms with Crippen molar-refractivity contribution in [1.29, 1.82) is 0 Å². The average Bonchev–Trinajstić information content (AvgIpc) is 2.93. The SMILES string of the molecule is CCn1ccc(CNC(=O)c2c(Br)c(C)nn2C)n1. The molecule has 1 N–H and O–H groups in total. The zero-order valence-corrected chi connectivity index (χ0v) is 12.7. The highest BCUT2D eigenvalue weighted by atomic mass is 79.9. The number of carbonyl (C=O) groups excluding carboxylic acids is 1. The molecule has 1 amide bonds. The summed E-state index contributed by atoms with van der Waals surface area (Å²) in [5, 5.41) is 11.3. The summed E-state index contributed by atoms with van der Waals surface area (Å²) in [7, 11) is 1.75. The van der Waals surface area contributed by atoms with Crippen molar-refractivity contribution in [3.05, 3.63) is 33.8 Å². The van der Waals surface area contributed by atoms with E-state index >= 15 is 0 Å². The second-order valence-electron chi connectivity index (χ2n) is 4.22. The average molecular weight is 326 g/mol. The van der Waals surface area contributed by atoms with E-state index in [9.17, 15) is 4.79 Å². The smallest absolute Gasteiger partial charge is 0.271 e. The van der Waals surface area contributed by atoms with E-state index in [-0.39, 0.29) is 5.91 Å². The van der Waals surface area contributed by atoms with Crippen molar-refractivity contribution in [3.8, 4) is 0 Å². The molecule has 0 saturated carbocycles. The Morgan fingerprint density at radius 1 is 1.47 bits per heavy atom. The van der Waals surface area contributed by atoms with Crippen LogP contribution < -0.4 is 5.32 Å².